The van der Waals surface area contributed by atoms with Crippen LogP contribution in [0.15, 0.2) is 18.2 Å². The Morgan fingerprint density at radius 1 is 1.11 bits per heavy atom. The van der Waals surface area contributed by atoms with Gasteiger partial charge in [0.05, 0.1) is 0 Å². The Kier molecular flexibility index (Phi) is 2.62. The number of alkyl halides is 1. The molecule has 18 heavy (non-hydrogen) atoms. The molecule has 2 saturated carbocycles. The smallest absolute Gasteiger partial charge is 0.00913 e. The van der Waals surface area contributed by atoms with Crippen molar-refractivity contribution in [3.8, 4) is 0 Å². The van der Waals surface area contributed by atoms with Gasteiger partial charge < -0.3 is 0 Å². The molecular weight excluding hydrogens is 284 g/mol. The lowest BCUT2D eigenvalue weighted by molar-refractivity contribution is 0.308. The fourth-order valence-electron chi connectivity index (χ4n) is 4.47. The third-order valence-corrected chi connectivity index (χ3v) is 6.67. The molecule has 2 fully saturated rings. The average Bonchev–Trinajstić information content (AvgIpc) is 2.81. The standard InChI is InChI=1S/C17H21Br/c18-11-17(9-15-7-16(15)10-17)8-12-4-5-13-2-1-3-14(13)6-12/h4-6,15-16H,1-3,7-11H2. The fraction of sp³-hybridized carbons (Fsp3) is 0.647. The maximum Gasteiger partial charge on any atom is 0.00913 e. The number of fused-ring (bicyclic) bond motifs is 2. The quantitative estimate of drug-likeness (QED) is 0.720. The first-order valence-corrected chi connectivity index (χ1v) is 8.57. The van der Waals surface area contributed by atoms with Crippen LogP contribution in [0.25, 0.3) is 0 Å². The first kappa shape index (κ1) is 11.5. The Balaban J connectivity index is 1.56. The monoisotopic (exact) mass is 304 g/mol. The molecule has 2 atom stereocenters. The Bertz CT molecular complexity index is 466. The van der Waals surface area contributed by atoms with Crippen molar-refractivity contribution in [2.24, 2.45) is 17.3 Å². The molecule has 0 bridgehead atoms. The van der Waals surface area contributed by atoms with Gasteiger partial charge in [0, 0.05) is 5.33 Å². The van der Waals surface area contributed by atoms with Gasteiger partial charge in [0.25, 0.3) is 0 Å². The van der Waals surface area contributed by atoms with Crippen LogP contribution in [0.5, 0.6) is 0 Å². The summed E-state index contributed by atoms with van der Waals surface area (Å²) in [5.41, 5.74) is 5.43. The van der Waals surface area contributed by atoms with Crippen LogP contribution in [0.4, 0.5) is 0 Å². The molecule has 3 aliphatic rings. The predicted octanol–water partition coefficient (Wildman–Crippen LogP) is 4.53. The summed E-state index contributed by atoms with van der Waals surface area (Å²) >= 11 is 3.80. The minimum absolute atomic E-state index is 0.584. The summed E-state index contributed by atoms with van der Waals surface area (Å²) in [6.07, 6.45) is 9.77. The molecule has 0 saturated heterocycles. The van der Waals surface area contributed by atoms with Gasteiger partial charge in [0.1, 0.15) is 0 Å². The van der Waals surface area contributed by atoms with Crippen molar-refractivity contribution in [2.45, 2.75) is 44.9 Å². The second kappa shape index (κ2) is 4.10. The molecule has 2 unspecified atom stereocenters. The molecule has 0 aromatic heterocycles. The lowest BCUT2D eigenvalue weighted by Gasteiger charge is -2.29. The topological polar surface area (TPSA) is 0 Å². The summed E-state index contributed by atoms with van der Waals surface area (Å²) in [6, 6.07) is 7.31. The molecule has 0 aliphatic heterocycles. The van der Waals surface area contributed by atoms with Gasteiger partial charge in [0.15, 0.2) is 0 Å². The summed E-state index contributed by atoms with van der Waals surface area (Å²) in [7, 11) is 0. The molecular formula is C17H21Br. The Morgan fingerprint density at radius 3 is 2.67 bits per heavy atom. The summed E-state index contributed by atoms with van der Waals surface area (Å²) in [6.45, 7) is 0. The zero-order valence-electron chi connectivity index (χ0n) is 10.9. The fourth-order valence-corrected chi connectivity index (χ4v) is 5.13. The molecule has 0 heterocycles. The second-order valence-electron chi connectivity index (χ2n) is 6.93. The van der Waals surface area contributed by atoms with E-state index in [1.807, 2.05) is 0 Å². The summed E-state index contributed by atoms with van der Waals surface area (Å²) in [4.78, 5) is 0. The Morgan fingerprint density at radius 2 is 1.89 bits per heavy atom. The van der Waals surface area contributed by atoms with Crippen molar-refractivity contribution < 1.29 is 0 Å². The van der Waals surface area contributed by atoms with E-state index in [9.17, 15) is 0 Å². The number of halogens is 1. The molecule has 1 aromatic rings. The molecule has 96 valence electrons. The first-order valence-electron chi connectivity index (χ1n) is 7.45. The third kappa shape index (κ3) is 1.86. The van der Waals surface area contributed by atoms with Gasteiger partial charge in [-0.25, -0.2) is 0 Å². The van der Waals surface area contributed by atoms with Gasteiger partial charge in [-0.05, 0) is 78.9 Å². The van der Waals surface area contributed by atoms with Gasteiger partial charge in [0.2, 0.25) is 0 Å². The molecule has 3 aliphatic carbocycles. The number of hydrogen-bond donors (Lipinski definition) is 0. The minimum Gasteiger partial charge on any atom is -0.0922 e. The van der Waals surface area contributed by atoms with Crippen molar-refractivity contribution in [2.75, 3.05) is 5.33 Å². The predicted molar refractivity (Wildman–Crippen MR) is 79.2 cm³/mol. The van der Waals surface area contributed by atoms with E-state index in [2.05, 4.69) is 34.1 Å². The molecule has 0 nitrogen and oxygen atoms in total. The van der Waals surface area contributed by atoms with E-state index in [4.69, 9.17) is 0 Å². The normalized spacial score (nSPS) is 36.5. The lowest BCUT2D eigenvalue weighted by atomic mass is 9.79. The van der Waals surface area contributed by atoms with Gasteiger partial charge >= 0.3 is 0 Å². The highest BCUT2D eigenvalue weighted by atomic mass is 79.9. The van der Waals surface area contributed by atoms with E-state index < -0.39 is 0 Å². The van der Waals surface area contributed by atoms with Crippen molar-refractivity contribution in [3.05, 3.63) is 34.9 Å². The maximum absolute atomic E-state index is 3.80. The van der Waals surface area contributed by atoms with E-state index in [-0.39, 0.29) is 0 Å². The van der Waals surface area contributed by atoms with E-state index in [0.717, 1.165) is 11.8 Å². The van der Waals surface area contributed by atoms with Crippen LogP contribution in [0.3, 0.4) is 0 Å². The molecule has 0 spiro atoms. The highest BCUT2D eigenvalue weighted by Crippen LogP contribution is 2.61. The van der Waals surface area contributed by atoms with E-state index in [1.54, 1.807) is 16.7 Å². The SMILES string of the molecule is BrCC1(Cc2ccc3c(c2)CCC3)CC2CC2C1. The Hall–Kier alpha value is -0.300. The van der Waals surface area contributed by atoms with Crippen LogP contribution in [-0.4, -0.2) is 5.33 Å². The van der Waals surface area contributed by atoms with Crippen molar-refractivity contribution in [1.29, 1.82) is 0 Å². The van der Waals surface area contributed by atoms with Crippen LogP contribution >= 0.6 is 15.9 Å². The van der Waals surface area contributed by atoms with Gasteiger partial charge in [-0.1, -0.05) is 34.1 Å². The van der Waals surface area contributed by atoms with Gasteiger partial charge in [-0.15, -0.1) is 0 Å². The summed E-state index contributed by atoms with van der Waals surface area (Å²) in [5, 5.41) is 1.20. The van der Waals surface area contributed by atoms with Crippen LogP contribution in [0.1, 0.15) is 42.4 Å². The van der Waals surface area contributed by atoms with Gasteiger partial charge in [-0.3, -0.25) is 0 Å². The van der Waals surface area contributed by atoms with E-state index in [0.29, 0.717) is 5.41 Å². The number of benzene rings is 1. The number of rotatable bonds is 3. The van der Waals surface area contributed by atoms with Crippen LogP contribution in [0, 0.1) is 17.3 Å². The zero-order chi connectivity index (χ0) is 12.2. The molecule has 0 N–H and O–H groups in total. The largest absolute Gasteiger partial charge is 0.0922 e. The lowest BCUT2D eigenvalue weighted by Crippen LogP contribution is -2.23. The number of aryl methyl sites for hydroxylation is 2. The van der Waals surface area contributed by atoms with Gasteiger partial charge in [-0.2, -0.15) is 0 Å². The van der Waals surface area contributed by atoms with Crippen molar-refractivity contribution in [1.82, 2.24) is 0 Å². The first-order chi connectivity index (χ1) is 8.78. The molecule has 1 heteroatoms. The molecule has 1 aromatic carbocycles. The zero-order valence-corrected chi connectivity index (χ0v) is 12.5. The highest BCUT2D eigenvalue weighted by molar-refractivity contribution is 9.09. The van der Waals surface area contributed by atoms with Crippen LogP contribution in [-0.2, 0) is 19.3 Å². The third-order valence-electron chi connectivity index (χ3n) is 5.48. The van der Waals surface area contributed by atoms with Crippen LogP contribution < -0.4 is 0 Å². The summed E-state index contributed by atoms with van der Waals surface area (Å²) < 4.78 is 0. The average molecular weight is 305 g/mol. The molecule has 4 rings (SSSR count). The van der Waals surface area contributed by atoms with E-state index >= 15 is 0 Å². The highest BCUT2D eigenvalue weighted by Gasteiger charge is 2.52. The molecule has 0 amide bonds. The van der Waals surface area contributed by atoms with Crippen LogP contribution in [0.2, 0.25) is 0 Å². The maximum atomic E-state index is 3.80. The second-order valence-corrected chi connectivity index (χ2v) is 7.49. The van der Waals surface area contributed by atoms with Crippen molar-refractivity contribution in [3.63, 3.8) is 0 Å². The minimum atomic E-state index is 0.584. The van der Waals surface area contributed by atoms with E-state index in [1.165, 1.54) is 50.3 Å². The Labute approximate surface area is 118 Å². The summed E-state index contributed by atoms with van der Waals surface area (Å²) in [5.74, 6) is 2.16. The molecule has 0 radical (unpaired) electrons. The number of hydrogen-bond acceptors (Lipinski definition) is 0. The van der Waals surface area contributed by atoms with Crippen molar-refractivity contribution >= 4 is 15.9 Å².